The van der Waals surface area contributed by atoms with Crippen LogP contribution in [0.15, 0.2) is 29.2 Å². The van der Waals surface area contributed by atoms with Crippen molar-refractivity contribution < 1.29 is 4.39 Å². The summed E-state index contributed by atoms with van der Waals surface area (Å²) in [7, 11) is 0. The molecule has 0 fully saturated rings. The van der Waals surface area contributed by atoms with Gasteiger partial charge in [-0.2, -0.15) is 11.8 Å². The van der Waals surface area contributed by atoms with E-state index in [2.05, 4.69) is 6.26 Å². The molecule has 0 unspecified atom stereocenters. The van der Waals surface area contributed by atoms with E-state index in [1.165, 1.54) is 12.1 Å². The van der Waals surface area contributed by atoms with Crippen LogP contribution in [0.1, 0.15) is 0 Å². The molecule has 0 N–H and O–H groups in total. The van der Waals surface area contributed by atoms with Gasteiger partial charge >= 0.3 is 0 Å². The van der Waals surface area contributed by atoms with Gasteiger partial charge in [0.2, 0.25) is 0 Å². The van der Waals surface area contributed by atoms with E-state index in [1.807, 2.05) is 0 Å². The number of benzene rings is 1. The van der Waals surface area contributed by atoms with Gasteiger partial charge in [0, 0.05) is 9.98 Å². The topological polar surface area (TPSA) is 0 Å². The van der Waals surface area contributed by atoms with E-state index < -0.39 is 0 Å². The van der Waals surface area contributed by atoms with Crippen molar-refractivity contribution in [2.24, 2.45) is 0 Å². The average Bonchev–Trinajstić information content (AvgIpc) is 2.04. The van der Waals surface area contributed by atoms with Crippen molar-refractivity contribution >= 4 is 23.5 Å². The lowest BCUT2D eigenvalue weighted by Gasteiger charge is -1.97. The summed E-state index contributed by atoms with van der Waals surface area (Å²) >= 11 is 3.50. The van der Waals surface area contributed by atoms with Gasteiger partial charge in [0.05, 0.1) is 0 Å². The maximum absolute atomic E-state index is 12.4. The van der Waals surface area contributed by atoms with Crippen LogP contribution in [0.4, 0.5) is 4.39 Å². The van der Waals surface area contributed by atoms with Crippen molar-refractivity contribution in [3.8, 4) is 0 Å². The lowest BCUT2D eigenvalue weighted by atomic mass is 10.4. The number of thioether (sulfide) groups is 2. The molecular formula is C8H9FS2. The zero-order valence-corrected chi connectivity index (χ0v) is 7.84. The number of hydrogen-bond donors (Lipinski definition) is 0. The first-order valence-corrected chi connectivity index (χ1v) is 5.58. The molecule has 11 heavy (non-hydrogen) atoms. The minimum Gasteiger partial charge on any atom is -0.207 e. The molecule has 1 aromatic rings. The summed E-state index contributed by atoms with van der Waals surface area (Å²) in [6.07, 6.45) is 2.05. The molecule has 1 aromatic carbocycles. The second kappa shape index (κ2) is 4.67. The van der Waals surface area contributed by atoms with Gasteiger partial charge in [0.1, 0.15) is 5.82 Å². The van der Waals surface area contributed by atoms with Gasteiger partial charge in [0.15, 0.2) is 0 Å². The Morgan fingerprint density at radius 1 is 1.27 bits per heavy atom. The molecule has 0 radical (unpaired) electrons. The van der Waals surface area contributed by atoms with E-state index in [9.17, 15) is 4.39 Å². The fourth-order valence-electron chi connectivity index (χ4n) is 0.658. The van der Waals surface area contributed by atoms with Crippen LogP contribution in [0.5, 0.6) is 0 Å². The van der Waals surface area contributed by atoms with Crippen LogP contribution in [0, 0.1) is 5.82 Å². The maximum Gasteiger partial charge on any atom is 0.123 e. The van der Waals surface area contributed by atoms with Crippen molar-refractivity contribution in [1.82, 2.24) is 0 Å². The third kappa shape index (κ3) is 3.16. The average molecular weight is 188 g/mol. The molecule has 0 nitrogen and oxygen atoms in total. The van der Waals surface area contributed by atoms with Crippen molar-refractivity contribution in [3.05, 3.63) is 30.1 Å². The molecule has 0 heterocycles. The molecule has 0 atom stereocenters. The van der Waals surface area contributed by atoms with Crippen LogP contribution < -0.4 is 0 Å². The van der Waals surface area contributed by atoms with Crippen LogP contribution >= 0.6 is 23.5 Å². The third-order valence-corrected chi connectivity index (χ3v) is 3.18. The quantitative estimate of drug-likeness (QED) is 0.527. The monoisotopic (exact) mass is 188 g/mol. The Morgan fingerprint density at radius 2 is 1.91 bits per heavy atom. The largest absolute Gasteiger partial charge is 0.207 e. The first kappa shape index (κ1) is 8.94. The van der Waals surface area contributed by atoms with Crippen molar-refractivity contribution in [2.45, 2.75) is 4.90 Å². The zero-order valence-electron chi connectivity index (χ0n) is 6.21. The minimum atomic E-state index is -0.168. The lowest BCUT2D eigenvalue weighted by molar-refractivity contribution is 0.626. The smallest absolute Gasteiger partial charge is 0.123 e. The lowest BCUT2D eigenvalue weighted by Crippen LogP contribution is -1.74. The Morgan fingerprint density at radius 3 is 2.45 bits per heavy atom. The Bertz CT molecular complexity index is 208. The number of halogens is 1. The summed E-state index contributed by atoms with van der Waals surface area (Å²) in [5.41, 5.74) is 0. The zero-order chi connectivity index (χ0) is 8.10. The van der Waals surface area contributed by atoms with Gasteiger partial charge in [0.25, 0.3) is 0 Å². The van der Waals surface area contributed by atoms with Crippen LogP contribution in [0.2, 0.25) is 0 Å². The number of rotatable bonds is 3. The van der Waals surface area contributed by atoms with Gasteiger partial charge in [-0.3, -0.25) is 0 Å². The molecular weight excluding hydrogens is 179 g/mol. The first-order chi connectivity index (χ1) is 5.33. The van der Waals surface area contributed by atoms with Crippen LogP contribution in [-0.2, 0) is 0 Å². The Labute approximate surface area is 74.6 Å². The molecule has 0 aliphatic rings. The Hall–Kier alpha value is -0.150. The highest BCUT2D eigenvalue weighted by Gasteiger charge is 1.92. The van der Waals surface area contributed by atoms with E-state index in [1.54, 1.807) is 35.7 Å². The van der Waals surface area contributed by atoms with Crippen LogP contribution in [0.25, 0.3) is 0 Å². The summed E-state index contributed by atoms with van der Waals surface area (Å²) in [5.74, 6) is -0.168. The van der Waals surface area contributed by atoms with Crippen LogP contribution in [0.3, 0.4) is 0 Å². The molecule has 0 spiro atoms. The molecule has 0 bridgehead atoms. The molecule has 0 aliphatic heterocycles. The maximum atomic E-state index is 12.4. The summed E-state index contributed by atoms with van der Waals surface area (Å²) < 4.78 is 12.4. The second-order valence-corrected chi connectivity index (χ2v) is 4.29. The molecule has 1 rings (SSSR count). The predicted octanol–water partition coefficient (Wildman–Crippen LogP) is 3.24. The minimum absolute atomic E-state index is 0.168. The summed E-state index contributed by atoms with van der Waals surface area (Å²) in [4.78, 5) is 1.13. The van der Waals surface area contributed by atoms with E-state index >= 15 is 0 Å². The normalized spacial score (nSPS) is 10.0. The molecule has 0 aromatic heterocycles. The highest BCUT2D eigenvalue weighted by atomic mass is 32.2. The summed E-state index contributed by atoms with van der Waals surface area (Å²) in [5, 5.41) is 1.02. The third-order valence-electron chi connectivity index (χ3n) is 1.16. The number of hydrogen-bond acceptors (Lipinski definition) is 2. The fourth-order valence-corrected chi connectivity index (χ4v) is 2.00. The van der Waals surface area contributed by atoms with Crippen molar-refractivity contribution in [2.75, 3.05) is 11.3 Å². The van der Waals surface area contributed by atoms with E-state index in [-0.39, 0.29) is 5.82 Å². The SMILES string of the molecule is CSCSc1ccc(F)cc1. The molecule has 0 aliphatic carbocycles. The van der Waals surface area contributed by atoms with Crippen LogP contribution in [-0.4, -0.2) is 11.3 Å². The second-order valence-electron chi connectivity index (χ2n) is 2.00. The van der Waals surface area contributed by atoms with Crippen molar-refractivity contribution in [1.29, 1.82) is 0 Å². The molecule has 0 saturated carbocycles. The van der Waals surface area contributed by atoms with Gasteiger partial charge in [-0.25, -0.2) is 4.39 Å². The Kier molecular flexibility index (Phi) is 3.80. The van der Waals surface area contributed by atoms with Gasteiger partial charge in [-0.1, -0.05) is 0 Å². The fraction of sp³-hybridized carbons (Fsp3) is 0.250. The molecule has 60 valence electrons. The van der Waals surface area contributed by atoms with E-state index in [0.717, 1.165) is 9.98 Å². The standard InChI is InChI=1S/C8H9FS2/c1-10-6-11-8-4-2-7(9)3-5-8/h2-5H,6H2,1H3. The van der Waals surface area contributed by atoms with E-state index in [4.69, 9.17) is 0 Å². The van der Waals surface area contributed by atoms with Gasteiger partial charge in [-0.05, 0) is 30.5 Å². The molecule has 0 saturated heterocycles. The van der Waals surface area contributed by atoms with Crippen molar-refractivity contribution in [3.63, 3.8) is 0 Å². The van der Waals surface area contributed by atoms with Gasteiger partial charge in [-0.15, -0.1) is 11.8 Å². The molecule has 0 amide bonds. The first-order valence-electron chi connectivity index (χ1n) is 3.20. The van der Waals surface area contributed by atoms with Gasteiger partial charge < -0.3 is 0 Å². The summed E-state index contributed by atoms with van der Waals surface area (Å²) in [6, 6.07) is 6.58. The summed E-state index contributed by atoms with van der Waals surface area (Å²) in [6.45, 7) is 0. The predicted molar refractivity (Wildman–Crippen MR) is 50.6 cm³/mol. The highest BCUT2D eigenvalue weighted by molar-refractivity contribution is 8.15. The molecule has 3 heteroatoms. The van der Waals surface area contributed by atoms with E-state index in [0.29, 0.717) is 0 Å². The highest BCUT2D eigenvalue weighted by Crippen LogP contribution is 2.20. The Balaban J connectivity index is 2.52.